The molecule has 198 valence electrons. The summed E-state index contributed by atoms with van der Waals surface area (Å²) < 4.78 is 60.9. The standard InChI is InChI=1S/C22H28F3N5O5S/c1-13-11-15(23)14(17(25)16(13)24)12-34-19-18(35-22(32)33-3)20(36-28-19)27-21(31)26-5-4-6-30-9-7-29(2)8-10-30/h11H,4-10,12H2,1-3H3,(H2,26,27,31). The highest BCUT2D eigenvalue weighted by atomic mass is 32.1. The molecule has 1 aromatic carbocycles. The van der Waals surface area contributed by atoms with Crippen LogP contribution in [0.2, 0.25) is 0 Å². The Morgan fingerprint density at radius 2 is 1.89 bits per heavy atom. The number of methoxy groups -OCH3 is 1. The van der Waals surface area contributed by atoms with E-state index in [0.29, 0.717) is 18.1 Å². The van der Waals surface area contributed by atoms with Gasteiger partial charge in [-0.15, -0.1) is 4.37 Å². The zero-order valence-corrected chi connectivity index (χ0v) is 21.0. The molecule has 1 fully saturated rings. The second-order valence-electron chi connectivity index (χ2n) is 8.15. The maximum atomic E-state index is 14.2. The molecule has 1 aliphatic rings. The second-order valence-corrected chi connectivity index (χ2v) is 8.93. The average Bonchev–Trinajstić information content (AvgIpc) is 3.22. The molecule has 0 bridgehead atoms. The third-order valence-corrected chi connectivity index (χ3v) is 6.25. The van der Waals surface area contributed by atoms with Crippen LogP contribution in [-0.4, -0.2) is 79.8 Å². The molecule has 2 N–H and O–H groups in total. The molecule has 0 atom stereocenters. The van der Waals surface area contributed by atoms with Gasteiger partial charge in [0.05, 0.1) is 12.7 Å². The number of amides is 2. The molecule has 1 aromatic heterocycles. The molecule has 3 rings (SSSR count). The molecule has 0 saturated carbocycles. The van der Waals surface area contributed by atoms with Gasteiger partial charge in [-0.3, -0.25) is 5.32 Å². The van der Waals surface area contributed by atoms with Gasteiger partial charge < -0.3 is 29.3 Å². The third kappa shape index (κ3) is 7.21. The highest BCUT2D eigenvalue weighted by Gasteiger charge is 2.24. The fourth-order valence-corrected chi connectivity index (χ4v) is 4.06. The van der Waals surface area contributed by atoms with Crippen molar-refractivity contribution in [3.8, 4) is 11.6 Å². The summed E-state index contributed by atoms with van der Waals surface area (Å²) in [6, 6.07) is 0.265. The van der Waals surface area contributed by atoms with Gasteiger partial charge in [-0.25, -0.2) is 22.8 Å². The van der Waals surface area contributed by atoms with E-state index in [0.717, 1.165) is 52.3 Å². The Kier molecular flexibility index (Phi) is 9.73. The highest BCUT2D eigenvalue weighted by Crippen LogP contribution is 2.39. The lowest BCUT2D eigenvalue weighted by atomic mass is 10.1. The predicted molar refractivity (Wildman–Crippen MR) is 126 cm³/mol. The van der Waals surface area contributed by atoms with E-state index in [1.54, 1.807) is 0 Å². The van der Waals surface area contributed by atoms with Crippen molar-refractivity contribution >= 4 is 28.7 Å². The number of ether oxygens (including phenoxy) is 3. The van der Waals surface area contributed by atoms with Crippen LogP contribution in [0.15, 0.2) is 6.07 Å². The SMILES string of the molecule is COC(=O)Oc1c(OCc2c(F)cc(C)c(F)c2F)nsc1NC(=O)NCCCN1CCN(C)CC1. The van der Waals surface area contributed by atoms with Crippen LogP contribution >= 0.6 is 11.5 Å². The van der Waals surface area contributed by atoms with Crippen LogP contribution in [-0.2, 0) is 11.3 Å². The number of aromatic nitrogens is 1. The molecule has 1 saturated heterocycles. The van der Waals surface area contributed by atoms with Crippen molar-refractivity contribution in [3.63, 3.8) is 0 Å². The van der Waals surface area contributed by atoms with Crippen LogP contribution in [0.25, 0.3) is 0 Å². The lowest BCUT2D eigenvalue weighted by Crippen LogP contribution is -2.45. The van der Waals surface area contributed by atoms with Crippen LogP contribution in [0.3, 0.4) is 0 Å². The predicted octanol–water partition coefficient (Wildman–Crippen LogP) is 3.35. The van der Waals surface area contributed by atoms with Crippen molar-refractivity contribution in [2.45, 2.75) is 20.0 Å². The molecule has 36 heavy (non-hydrogen) atoms. The molecule has 2 amide bonds. The molecular formula is C22H28F3N5O5S. The number of likely N-dealkylation sites (N-methyl/N-ethyl adjacent to an activating group) is 1. The zero-order chi connectivity index (χ0) is 26.2. The summed E-state index contributed by atoms with van der Waals surface area (Å²) in [4.78, 5) is 28.6. The number of anilines is 1. The summed E-state index contributed by atoms with van der Waals surface area (Å²) in [6.45, 7) is 5.70. The first-order valence-electron chi connectivity index (χ1n) is 11.2. The van der Waals surface area contributed by atoms with Crippen LogP contribution < -0.4 is 20.1 Å². The summed E-state index contributed by atoms with van der Waals surface area (Å²) in [5.74, 6) is -4.26. The van der Waals surface area contributed by atoms with E-state index in [2.05, 4.69) is 36.6 Å². The number of carbonyl (C=O) groups is 2. The smallest absolute Gasteiger partial charge is 0.469 e. The van der Waals surface area contributed by atoms with Gasteiger partial charge >= 0.3 is 12.2 Å². The average molecular weight is 532 g/mol. The van der Waals surface area contributed by atoms with Gasteiger partial charge in [-0.1, -0.05) is 0 Å². The lowest BCUT2D eigenvalue weighted by molar-refractivity contribution is 0.119. The number of piperazine rings is 1. The van der Waals surface area contributed by atoms with Crippen LogP contribution in [0.5, 0.6) is 11.6 Å². The van der Waals surface area contributed by atoms with Crippen molar-refractivity contribution in [1.29, 1.82) is 0 Å². The maximum absolute atomic E-state index is 14.2. The minimum atomic E-state index is -1.40. The number of rotatable bonds is 9. The minimum absolute atomic E-state index is 0.00278. The second kappa shape index (κ2) is 12.7. The van der Waals surface area contributed by atoms with Gasteiger partial charge in [0.1, 0.15) is 12.4 Å². The Hall–Kier alpha value is -3.10. The Morgan fingerprint density at radius 1 is 1.17 bits per heavy atom. The lowest BCUT2D eigenvalue weighted by Gasteiger charge is -2.32. The summed E-state index contributed by atoms with van der Waals surface area (Å²) in [5, 5.41) is 5.22. The molecule has 0 unspecified atom stereocenters. The third-order valence-electron chi connectivity index (χ3n) is 5.52. The van der Waals surface area contributed by atoms with Crippen molar-refractivity contribution in [2.75, 3.05) is 58.7 Å². The van der Waals surface area contributed by atoms with Gasteiger partial charge in [-0.2, -0.15) is 0 Å². The Balaban J connectivity index is 1.60. The molecule has 0 radical (unpaired) electrons. The number of halogens is 3. The van der Waals surface area contributed by atoms with Crippen molar-refractivity contribution in [1.82, 2.24) is 19.5 Å². The number of aryl methyl sites for hydroxylation is 1. The Bertz CT molecular complexity index is 1080. The monoisotopic (exact) mass is 531 g/mol. The molecule has 0 aliphatic carbocycles. The van der Waals surface area contributed by atoms with Gasteiger partial charge in [0, 0.05) is 32.7 Å². The topological polar surface area (TPSA) is 105 Å². The molecule has 1 aliphatic heterocycles. The van der Waals surface area contributed by atoms with Gasteiger partial charge in [0.15, 0.2) is 16.6 Å². The van der Waals surface area contributed by atoms with E-state index in [-0.39, 0.29) is 22.2 Å². The zero-order valence-electron chi connectivity index (χ0n) is 20.2. The number of carbonyl (C=O) groups excluding carboxylic acids is 2. The first kappa shape index (κ1) is 27.5. The van der Waals surface area contributed by atoms with Gasteiger partial charge in [0.2, 0.25) is 5.75 Å². The summed E-state index contributed by atoms with van der Waals surface area (Å²) >= 11 is 0.714. The van der Waals surface area contributed by atoms with Crippen LogP contribution in [0.4, 0.5) is 27.8 Å². The summed E-state index contributed by atoms with van der Waals surface area (Å²) in [5.41, 5.74) is -0.860. The molecule has 10 nitrogen and oxygen atoms in total. The Labute approximate surface area is 210 Å². The van der Waals surface area contributed by atoms with Gasteiger partial charge in [-0.05, 0) is 50.1 Å². The van der Waals surface area contributed by atoms with E-state index < -0.39 is 41.8 Å². The van der Waals surface area contributed by atoms with Gasteiger partial charge in [0.25, 0.3) is 5.88 Å². The number of nitrogens with one attached hydrogen (secondary N) is 2. The van der Waals surface area contributed by atoms with E-state index in [4.69, 9.17) is 9.47 Å². The number of urea groups is 1. The molecule has 2 aromatic rings. The van der Waals surface area contributed by atoms with Crippen molar-refractivity contribution in [3.05, 3.63) is 34.6 Å². The first-order valence-corrected chi connectivity index (χ1v) is 11.9. The summed E-state index contributed by atoms with van der Waals surface area (Å²) in [7, 11) is 3.15. The van der Waals surface area contributed by atoms with Crippen molar-refractivity contribution < 1.29 is 37.0 Å². The van der Waals surface area contributed by atoms with E-state index in [1.807, 2.05) is 0 Å². The quantitative estimate of drug-likeness (QED) is 0.288. The summed E-state index contributed by atoms with van der Waals surface area (Å²) in [6.07, 6.45) is -0.390. The van der Waals surface area contributed by atoms with E-state index in [1.165, 1.54) is 6.92 Å². The fourth-order valence-electron chi connectivity index (χ4n) is 3.40. The normalized spacial score (nSPS) is 14.4. The number of hydrogen-bond donors (Lipinski definition) is 2. The van der Waals surface area contributed by atoms with Crippen molar-refractivity contribution in [2.24, 2.45) is 0 Å². The number of nitrogens with zero attached hydrogens (tertiary/aromatic N) is 3. The van der Waals surface area contributed by atoms with Crippen LogP contribution in [0, 0.1) is 24.4 Å². The minimum Gasteiger partial charge on any atom is -0.469 e. The molecule has 2 heterocycles. The molecule has 14 heteroatoms. The Morgan fingerprint density at radius 3 is 2.58 bits per heavy atom. The van der Waals surface area contributed by atoms with Crippen LogP contribution in [0.1, 0.15) is 17.5 Å². The maximum Gasteiger partial charge on any atom is 0.513 e. The fraction of sp³-hybridized carbons (Fsp3) is 0.500. The van der Waals surface area contributed by atoms with E-state index in [9.17, 15) is 22.8 Å². The highest BCUT2D eigenvalue weighted by molar-refractivity contribution is 7.11. The number of hydrogen-bond acceptors (Lipinski definition) is 9. The largest absolute Gasteiger partial charge is 0.513 e. The van der Waals surface area contributed by atoms with E-state index >= 15 is 0 Å². The molecular weight excluding hydrogens is 503 g/mol. The first-order chi connectivity index (χ1) is 17.2. The molecule has 0 spiro atoms. The number of benzene rings is 1.